The molecule has 0 fully saturated rings. The molecule has 0 atom stereocenters. The largest absolute Gasteiger partial charge is 0.409 e. The molecular formula is C14H14BrN3O. The van der Waals surface area contributed by atoms with Gasteiger partial charge in [0.1, 0.15) is 0 Å². The number of oxime groups is 1. The normalized spacial score (nSPS) is 11.4. The quantitative estimate of drug-likeness (QED) is 0.395. The molecule has 2 rings (SSSR count). The highest BCUT2D eigenvalue weighted by molar-refractivity contribution is 9.10. The first kappa shape index (κ1) is 13.4. The van der Waals surface area contributed by atoms with Crippen LogP contribution in [0.15, 0.2) is 58.2 Å². The van der Waals surface area contributed by atoms with Crippen LogP contribution in [-0.4, -0.2) is 18.1 Å². The molecule has 98 valence electrons. The Labute approximate surface area is 120 Å². The maximum Gasteiger partial charge on any atom is 0.170 e. The Bertz CT molecular complexity index is 599. The van der Waals surface area contributed by atoms with Gasteiger partial charge in [-0.2, -0.15) is 0 Å². The monoisotopic (exact) mass is 319 g/mol. The van der Waals surface area contributed by atoms with E-state index in [1.165, 1.54) is 0 Å². The molecule has 0 aliphatic heterocycles. The summed E-state index contributed by atoms with van der Waals surface area (Å²) in [5, 5.41) is 11.7. The topological polar surface area (TPSA) is 61.8 Å². The summed E-state index contributed by atoms with van der Waals surface area (Å²) in [7, 11) is 1.98. The van der Waals surface area contributed by atoms with Gasteiger partial charge in [0.05, 0.1) is 5.69 Å². The molecule has 0 aliphatic rings. The summed E-state index contributed by atoms with van der Waals surface area (Å²) in [6.45, 7) is 0. The van der Waals surface area contributed by atoms with Crippen LogP contribution in [0.25, 0.3) is 0 Å². The number of rotatable bonds is 3. The van der Waals surface area contributed by atoms with Crippen molar-refractivity contribution in [3.8, 4) is 0 Å². The standard InChI is InChI=1S/C14H14BrN3O/c1-18(11-5-3-2-4-6-11)13-8-7-10(9-12(13)15)14(16)17-19/h2-9,19H,1H3,(H2,16,17). The van der Waals surface area contributed by atoms with E-state index in [0.717, 1.165) is 15.8 Å². The average molecular weight is 320 g/mol. The summed E-state index contributed by atoms with van der Waals surface area (Å²) in [5.41, 5.74) is 8.32. The molecule has 4 nitrogen and oxygen atoms in total. The van der Waals surface area contributed by atoms with Crippen LogP contribution in [0.3, 0.4) is 0 Å². The van der Waals surface area contributed by atoms with Crippen molar-refractivity contribution in [3.05, 3.63) is 58.6 Å². The van der Waals surface area contributed by atoms with E-state index in [9.17, 15) is 0 Å². The summed E-state index contributed by atoms with van der Waals surface area (Å²) >= 11 is 3.51. The van der Waals surface area contributed by atoms with Crippen LogP contribution in [0.2, 0.25) is 0 Å². The number of hydrogen-bond acceptors (Lipinski definition) is 3. The van der Waals surface area contributed by atoms with E-state index >= 15 is 0 Å². The van der Waals surface area contributed by atoms with Crippen molar-refractivity contribution in [2.45, 2.75) is 0 Å². The Morgan fingerprint density at radius 1 is 1.21 bits per heavy atom. The third-order valence-corrected chi connectivity index (χ3v) is 3.49. The van der Waals surface area contributed by atoms with Gasteiger partial charge in [0.2, 0.25) is 0 Å². The van der Waals surface area contributed by atoms with Crippen LogP contribution in [-0.2, 0) is 0 Å². The molecule has 0 bridgehead atoms. The molecular weight excluding hydrogens is 306 g/mol. The van der Waals surface area contributed by atoms with Gasteiger partial charge >= 0.3 is 0 Å². The van der Waals surface area contributed by atoms with Gasteiger partial charge in [-0.3, -0.25) is 0 Å². The molecule has 5 heteroatoms. The molecule has 0 aliphatic carbocycles. The van der Waals surface area contributed by atoms with Gasteiger partial charge in [-0.25, -0.2) is 0 Å². The summed E-state index contributed by atoms with van der Waals surface area (Å²) in [5.74, 6) is 0.0922. The molecule has 0 aromatic heterocycles. The number of para-hydroxylation sites is 1. The molecule has 0 spiro atoms. The minimum absolute atomic E-state index is 0.0922. The van der Waals surface area contributed by atoms with E-state index in [1.807, 2.05) is 55.6 Å². The highest BCUT2D eigenvalue weighted by Gasteiger charge is 2.09. The summed E-state index contributed by atoms with van der Waals surface area (Å²) in [6, 6.07) is 15.6. The Balaban J connectivity index is 2.37. The minimum Gasteiger partial charge on any atom is -0.409 e. The highest BCUT2D eigenvalue weighted by Crippen LogP contribution is 2.31. The lowest BCUT2D eigenvalue weighted by atomic mass is 10.1. The molecule has 0 unspecified atom stereocenters. The van der Waals surface area contributed by atoms with Crippen molar-refractivity contribution in [1.82, 2.24) is 0 Å². The van der Waals surface area contributed by atoms with Gasteiger partial charge in [-0.15, -0.1) is 0 Å². The zero-order valence-corrected chi connectivity index (χ0v) is 12.0. The van der Waals surface area contributed by atoms with E-state index < -0.39 is 0 Å². The molecule has 3 N–H and O–H groups in total. The maximum atomic E-state index is 8.67. The van der Waals surface area contributed by atoms with Gasteiger partial charge in [-0.05, 0) is 46.3 Å². The number of halogens is 1. The Kier molecular flexibility index (Phi) is 4.06. The molecule has 19 heavy (non-hydrogen) atoms. The third-order valence-electron chi connectivity index (χ3n) is 2.86. The number of benzene rings is 2. The first-order valence-corrected chi connectivity index (χ1v) is 6.49. The number of amidine groups is 1. The van der Waals surface area contributed by atoms with Crippen molar-refractivity contribution in [1.29, 1.82) is 0 Å². The van der Waals surface area contributed by atoms with Gasteiger partial charge in [0, 0.05) is 22.8 Å². The fourth-order valence-electron chi connectivity index (χ4n) is 1.79. The van der Waals surface area contributed by atoms with Crippen LogP contribution in [0.5, 0.6) is 0 Å². The zero-order chi connectivity index (χ0) is 13.8. The van der Waals surface area contributed by atoms with Crippen molar-refractivity contribution < 1.29 is 5.21 Å². The second kappa shape index (κ2) is 5.75. The van der Waals surface area contributed by atoms with E-state index in [-0.39, 0.29) is 5.84 Å². The SMILES string of the molecule is CN(c1ccccc1)c1ccc(/C(N)=N/O)cc1Br. The Morgan fingerprint density at radius 3 is 2.47 bits per heavy atom. The molecule has 0 saturated carbocycles. The van der Waals surface area contributed by atoms with E-state index in [4.69, 9.17) is 10.9 Å². The third kappa shape index (κ3) is 2.88. The Morgan fingerprint density at radius 2 is 1.89 bits per heavy atom. The molecule has 0 amide bonds. The second-order valence-corrected chi connectivity index (χ2v) is 4.90. The van der Waals surface area contributed by atoms with Crippen LogP contribution >= 0.6 is 15.9 Å². The van der Waals surface area contributed by atoms with E-state index in [0.29, 0.717) is 5.56 Å². The van der Waals surface area contributed by atoms with Gasteiger partial charge in [-0.1, -0.05) is 23.4 Å². The van der Waals surface area contributed by atoms with Crippen molar-refractivity contribution in [2.24, 2.45) is 10.9 Å². The molecule has 2 aromatic rings. The number of nitrogens with zero attached hydrogens (tertiary/aromatic N) is 2. The fraction of sp³-hybridized carbons (Fsp3) is 0.0714. The average Bonchev–Trinajstić information content (AvgIpc) is 2.46. The second-order valence-electron chi connectivity index (χ2n) is 4.05. The van der Waals surface area contributed by atoms with Gasteiger partial charge in [0.25, 0.3) is 0 Å². The molecule has 2 aromatic carbocycles. The predicted molar refractivity (Wildman–Crippen MR) is 81.2 cm³/mol. The van der Waals surface area contributed by atoms with Gasteiger partial charge < -0.3 is 15.8 Å². The molecule has 0 saturated heterocycles. The maximum absolute atomic E-state index is 8.67. The van der Waals surface area contributed by atoms with Crippen LogP contribution in [0.4, 0.5) is 11.4 Å². The fourth-order valence-corrected chi connectivity index (χ4v) is 2.43. The van der Waals surface area contributed by atoms with Crippen LogP contribution in [0, 0.1) is 0 Å². The lowest BCUT2D eigenvalue weighted by Gasteiger charge is -2.21. The van der Waals surface area contributed by atoms with E-state index in [2.05, 4.69) is 26.0 Å². The molecule has 0 heterocycles. The number of anilines is 2. The van der Waals surface area contributed by atoms with Crippen LogP contribution in [0.1, 0.15) is 5.56 Å². The predicted octanol–water partition coefficient (Wildman–Crippen LogP) is 3.31. The first-order chi connectivity index (χ1) is 9.13. The van der Waals surface area contributed by atoms with Gasteiger partial charge in [0.15, 0.2) is 5.84 Å². The first-order valence-electron chi connectivity index (χ1n) is 5.69. The molecule has 0 radical (unpaired) electrons. The summed E-state index contributed by atoms with van der Waals surface area (Å²) < 4.78 is 0.878. The lowest BCUT2D eigenvalue weighted by Crippen LogP contribution is -2.14. The van der Waals surface area contributed by atoms with Crippen molar-refractivity contribution >= 4 is 33.1 Å². The summed E-state index contributed by atoms with van der Waals surface area (Å²) in [6.07, 6.45) is 0. The summed E-state index contributed by atoms with van der Waals surface area (Å²) in [4.78, 5) is 2.06. The smallest absolute Gasteiger partial charge is 0.170 e. The van der Waals surface area contributed by atoms with Crippen LogP contribution < -0.4 is 10.6 Å². The number of nitrogens with two attached hydrogens (primary N) is 1. The van der Waals surface area contributed by atoms with Crippen molar-refractivity contribution in [2.75, 3.05) is 11.9 Å². The number of hydrogen-bond donors (Lipinski definition) is 2. The van der Waals surface area contributed by atoms with Crippen molar-refractivity contribution in [3.63, 3.8) is 0 Å². The highest BCUT2D eigenvalue weighted by atomic mass is 79.9. The minimum atomic E-state index is 0.0922. The Hall–Kier alpha value is -2.01. The lowest BCUT2D eigenvalue weighted by molar-refractivity contribution is 0.318. The van der Waals surface area contributed by atoms with E-state index in [1.54, 1.807) is 0 Å². The zero-order valence-electron chi connectivity index (χ0n) is 10.4.